The summed E-state index contributed by atoms with van der Waals surface area (Å²) >= 11 is 11.8. The summed E-state index contributed by atoms with van der Waals surface area (Å²) in [5.74, 6) is 0.625. The Morgan fingerprint density at radius 2 is 1.89 bits per heavy atom. The van der Waals surface area contributed by atoms with Crippen LogP contribution in [0.4, 0.5) is 17.1 Å². The lowest BCUT2D eigenvalue weighted by Crippen LogP contribution is -1.98. The van der Waals surface area contributed by atoms with E-state index in [1.807, 2.05) is 18.2 Å². The molecule has 0 aliphatic heterocycles. The van der Waals surface area contributed by atoms with Crippen LogP contribution in [0.1, 0.15) is 0 Å². The second-order valence-corrected chi connectivity index (χ2v) is 4.49. The number of hydrogen-bond acceptors (Lipinski definition) is 3. The summed E-state index contributed by atoms with van der Waals surface area (Å²) in [6.45, 7) is 0. The SMILES string of the molecule is COc1cccc(Nc2ccc(Cl)c(Cl)c2)c1N. The monoisotopic (exact) mass is 282 g/mol. The molecule has 2 rings (SSSR count). The molecule has 0 saturated heterocycles. The molecule has 0 unspecified atom stereocenters. The van der Waals surface area contributed by atoms with E-state index in [-0.39, 0.29) is 0 Å². The second-order valence-electron chi connectivity index (χ2n) is 3.68. The number of halogens is 2. The normalized spacial score (nSPS) is 10.2. The maximum atomic E-state index is 5.96. The molecule has 0 aliphatic carbocycles. The maximum Gasteiger partial charge on any atom is 0.143 e. The van der Waals surface area contributed by atoms with Crippen molar-refractivity contribution in [1.29, 1.82) is 0 Å². The van der Waals surface area contributed by atoms with E-state index in [1.165, 1.54) is 0 Å². The zero-order valence-electron chi connectivity index (χ0n) is 9.71. The van der Waals surface area contributed by atoms with Gasteiger partial charge >= 0.3 is 0 Å². The highest BCUT2D eigenvalue weighted by molar-refractivity contribution is 6.42. The van der Waals surface area contributed by atoms with Crippen molar-refractivity contribution in [3.63, 3.8) is 0 Å². The quantitative estimate of drug-likeness (QED) is 0.824. The lowest BCUT2D eigenvalue weighted by atomic mass is 10.2. The number of nitrogens with two attached hydrogens (primary N) is 1. The topological polar surface area (TPSA) is 47.3 Å². The summed E-state index contributed by atoms with van der Waals surface area (Å²) in [6.07, 6.45) is 0. The number of nitrogens with one attached hydrogen (secondary N) is 1. The summed E-state index contributed by atoms with van der Waals surface area (Å²) in [5, 5.41) is 4.17. The van der Waals surface area contributed by atoms with Gasteiger partial charge in [-0.3, -0.25) is 0 Å². The first kappa shape index (κ1) is 12.9. The second kappa shape index (κ2) is 5.38. The summed E-state index contributed by atoms with van der Waals surface area (Å²) in [4.78, 5) is 0. The molecule has 94 valence electrons. The van der Waals surface area contributed by atoms with Gasteiger partial charge in [-0.1, -0.05) is 29.3 Å². The largest absolute Gasteiger partial charge is 0.495 e. The van der Waals surface area contributed by atoms with Gasteiger partial charge in [0, 0.05) is 5.69 Å². The Morgan fingerprint density at radius 1 is 1.11 bits per heavy atom. The van der Waals surface area contributed by atoms with Crippen LogP contribution in [0.15, 0.2) is 36.4 Å². The fourth-order valence-corrected chi connectivity index (χ4v) is 1.86. The Labute approximate surface area is 115 Å². The Morgan fingerprint density at radius 3 is 2.56 bits per heavy atom. The molecule has 0 radical (unpaired) electrons. The molecule has 0 bridgehead atoms. The van der Waals surface area contributed by atoms with E-state index >= 15 is 0 Å². The van der Waals surface area contributed by atoms with E-state index in [9.17, 15) is 0 Å². The number of anilines is 3. The molecule has 3 N–H and O–H groups in total. The highest BCUT2D eigenvalue weighted by atomic mass is 35.5. The Hall–Kier alpha value is -1.58. The number of hydrogen-bond donors (Lipinski definition) is 2. The molecule has 0 aliphatic rings. The van der Waals surface area contributed by atoms with E-state index < -0.39 is 0 Å². The van der Waals surface area contributed by atoms with Gasteiger partial charge in [0.05, 0.1) is 28.5 Å². The molecule has 3 nitrogen and oxygen atoms in total. The van der Waals surface area contributed by atoms with E-state index in [2.05, 4.69) is 5.32 Å². The highest BCUT2D eigenvalue weighted by Crippen LogP contribution is 2.33. The van der Waals surface area contributed by atoms with Gasteiger partial charge in [-0.15, -0.1) is 0 Å². The van der Waals surface area contributed by atoms with Crippen LogP contribution in [0.3, 0.4) is 0 Å². The van der Waals surface area contributed by atoms with Crippen molar-refractivity contribution < 1.29 is 4.74 Å². The van der Waals surface area contributed by atoms with Gasteiger partial charge in [-0.2, -0.15) is 0 Å². The third kappa shape index (κ3) is 2.63. The molecular formula is C13H12Cl2N2O. The fraction of sp³-hybridized carbons (Fsp3) is 0.0769. The van der Waals surface area contributed by atoms with Crippen molar-refractivity contribution in [2.45, 2.75) is 0 Å². The van der Waals surface area contributed by atoms with Crippen LogP contribution < -0.4 is 15.8 Å². The Bertz CT molecular complexity index is 573. The minimum Gasteiger partial charge on any atom is -0.495 e. The van der Waals surface area contributed by atoms with Crippen LogP contribution in [0.25, 0.3) is 0 Å². The Kier molecular flexibility index (Phi) is 3.84. The van der Waals surface area contributed by atoms with Gasteiger partial charge in [-0.25, -0.2) is 0 Å². The maximum absolute atomic E-state index is 5.96. The van der Waals surface area contributed by atoms with Crippen LogP contribution in [0.2, 0.25) is 10.0 Å². The Balaban J connectivity index is 2.31. The van der Waals surface area contributed by atoms with Crippen LogP contribution in [0.5, 0.6) is 5.75 Å². The number of nitrogen functional groups attached to an aromatic ring is 1. The number of rotatable bonds is 3. The number of benzene rings is 2. The number of ether oxygens (including phenoxy) is 1. The van der Waals surface area contributed by atoms with Crippen LogP contribution in [-0.4, -0.2) is 7.11 Å². The molecule has 5 heteroatoms. The van der Waals surface area contributed by atoms with E-state index in [0.717, 1.165) is 11.4 Å². The minimum absolute atomic E-state index is 0.489. The lowest BCUT2D eigenvalue weighted by molar-refractivity contribution is 0.417. The predicted molar refractivity (Wildman–Crippen MR) is 77.2 cm³/mol. The van der Waals surface area contributed by atoms with Crippen LogP contribution in [0, 0.1) is 0 Å². The van der Waals surface area contributed by atoms with Gasteiger partial charge in [0.1, 0.15) is 5.75 Å². The number of para-hydroxylation sites is 1. The van der Waals surface area contributed by atoms with Crippen LogP contribution in [-0.2, 0) is 0 Å². The molecule has 0 spiro atoms. The average molecular weight is 283 g/mol. The van der Waals surface area contributed by atoms with Gasteiger partial charge < -0.3 is 15.8 Å². The third-order valence-electron chi connectivity index (χ3n) is 2.48. The smallest absolute Gasteiger partial charge is 0.143 e. The minimum atomic E-state index is 0.489. The van der Waals surface area contributed by atoms with Gasteiger partial charge in [0.2, 0.25) is 0 Å². The van der Waals surface area contributed by atoms with Crippen LogP contribution >= 0.6 is 23.2 Å². The van der Waals surface area contributed by atoms with Crippen molar-refractivity contribution in [3.05, 3.63) is 46.4 Å². The third-order valence-corrected chi connectivity index (χ3v) is 3.22. The first-order valence-corrected chi connectivity index (χ1v) is 6.02. The molecule has 0 fully saturated rings. The zero-order chi connectivity index (χ0) is 13.1. The van der Waals surface area contributed by atoms with Gasteiger partial charge in [-0.05, 0) is 30.3 Å². The average Bonchev–Trinajstić information content (AvgIpc) is 2.36. The van der Waals surface area contributed by atoms with Gasteiger partial charge in [0.25, 0.3) is 0 Å². The van der Waals surface area contributed by atoms with Crippen molar-refractivity contribution in [2.24, 2.45) is 0 Å². The summed E-state index contributed by atoms with van der Waals surface area (Å²) in [6, 6.07) is 10.8. The van der Waals surface area contributed by atoms with E-state index in [4.69, 9.17) is 33.7 Å². The molecular weight excluding hydrogens is 271 g/mol. The van der Waals surface area contributed by atoms with Crippen molar-refractivity contribution in [3.8, 4) is 5.75 Å². The lowest BCUT2D eigenvalue weighted by Gasteiger charge is -2.12. The predicted octanol–water partition coefficient (Wildman–Crippen LogP) is 4.33. The van der Waals surface area contributed by atoms with Crippen molar-refractivity contribution in [1.82, 2.24) is 0 Å². The summed E-state index contributed by atoms with van der Waals surface area (Å²) in [7, 11) is 1.58. The highest BCUT2D eigenvalue weighted by Gasteiger charge is 2.06. The fourth-order valence-electron chi connectivity index (χ4n) is 1.56. The molecule has 0 aromatic heterocycles. The van der Waals surface area contributed by atoms with Crippen molar-refractivity contribution >= 4 is 40.3 Å². The zero-order valence-corrected chi connectivity index (χ0v) is 11.2. The standard InChI is InChI=1S/C13H12Cl2N2O/c1-18-12-4-2-3-11(13(12)16)17-8-5-6-9(14)10(15)7-8/h2-7,17H,16H2,1H3. The molecule has 2 aromatic carbocycles. The van der Waals surface area contributed by atoms with Crippen molar-refractivity contribution in [2.75, 3.05) is 18.2 Å². The molecule has 2 aromatic rings. The summed E-state index contributed by atoms with van der Waals surface area (Å²) in [5.41, 5.74) is 8.08. The molecule has 0 heterocycles. The molecule has 18 heavy (non-hydrogen) atoms. The summed E-state index contributed by atoms with van der Waals surface area (Å²) < 4.78 is 5.15. The molecule has 0 amide bonds. The van der Waals surface area contributed by atoms with Gasteiger partial charge in [0.15, 0.2) is 0 Å². The molecule has 0 atom stereocenters. The first-order valence-electron chi connectivity index (χ1n) is 5.26. The van der Waals surface area contributed by atoms with E-state index in [0.29, 0.717) is 21.5 Å². The first-order chi connectivity index (χ1) is 8.61. The number of methoxy groups -OCH3 is 1. The molecule has 0 saturated carbocycles. The van der Waals surface area contributed by atoms with E-state index in [1.54, 1.807) is 25.3 Å².